The van der Waals surface area contributed by atoms with Gasteiger partial charge in [-0.1, -0.05) is 20.8 Å². The van der Waals surface area contributed by atoms with Crippen molar-refractivity contribution in [1.29, 1.82) is 0 Å². The number of ether oxygens (including phenoxy) is 1. The van der Waals surface area contributed by atoms with Gasteiger partial charge in [0.25, 0.3) is 5.91 Å². The summed E-state index contributed by atoms with van der Waals surface area (Å²) in [5.41, 5.74) is 0.483. The molecule has 1 fully saturated rings. The molecule has 1 aliphatic heterocycles. The lowest BCUT2D eigenvalue weighted by atomic mass is 10.0. The number of carbonyl (C=O) groups excluding carboxylic acids is 3. The molecule has 3 amide bonds. The molecule has 0 aliphatic carbocycles. The molecule has 0 radical (unpaired) electrons. The highest BCUT2D eigenvalue weighted by molar-refractivity contribution is 5.97. The third-order valence-electron chi connectivity index (χ3n) is 5.64. The Morgan fingerprint density at radius 2 is 1.61 bits per heavy atom. The van der Waals surface area contributed by atoms with E-state index in [4.69, 9.17) is 4.74 Å². The van der Waals surface area contributed by atoms with Gasteiger partial charge in [0.05, 0.1) is 13.7 Å². The van der Waals surface area contributed by atoms with E-state index >= 15 is 0 Å². The van der Waals surface area contributed by atoms with Crippen LogP contribution in [0.15, 0.2) is 24.3 Å². The zero-order valence-corrected chi connectivity index (χ0v) is 19.3. The monoisotopic (exact) mass is 432 g/mol. The molecule has 0 bridgehead atoms. The summed E-state index contributed by atoms with van der Waals surface area (Å²) in [5, 5.41) is 5.86. The zero-order valence-electron chi connectivity index (χ0n) is 19.3. The van der Waals surface area contributed by atoms with Crippen molar-refractivity contribution in [1.82, 2.24) is 20.4 Å². The number of hydrogen-bond acceptors (Lipinski definition) is 5. The van der Waals surface area contributed by atoms with Crippen LogP contribution >= 0.6 is 0 Å². The fraction of sp³-hybridized carbons (Fsp3) is 0.609. The molecule has 31 heavy (non-hydrogen) atoms. The highest BCUT2D eigenvalue weighted by Gasteiger charge is 2.31. The summed E-state index contributed by atoms with van der Waals surface area (Å²) < 4.78 is 5.12. The standard InChI is InChI=1S/C23H36N4O4/c1-6-17(4)24-20(28)15-26-11-13-27(14-12-26)23(30)21(16(2)3)25-22(29)18-7-9-19(31-5)10-8-18/h7-10,16-17,21H,6,11-15H2,1-5H3,(H,24,28)(H,25,29). The van der Waals surface area contributed by atoms with Gasteiger partial charge in [0.15, 0.2) is 0 Å². The molecule has 172 valence electrons. The molecule has 2 unspecified atom stereocenters. The van der Waals surface area contributed by atoms with Crippen LogP contribution in [0.5, 0.6) is 5.75 Å². The van der Waals surface area contributed by atoms with Gasteiger partial charge in [0.2, 0.25) is 11.8 Å². The van der Waals surface area contributed by atoms with Gasteiger partial charge < -0.3 is 20.3 Å². The first-order valence-electron chi connectivity index (χ1n) is 11.0. The van der Waals surface area contributed by atoms with Gasteiger partial charge in [-0.3, -0.25) is 19.3 Å². The predicted octanol–water partition coefficient (Wildman–Crippen LogP) is 1.51. The average Bonchev–Trinajstić information content (AvgIpc) is 2.77. The number of amides is 3. The third kappa shape index (κ3) is 7.24. The topological polar surface area (TPSA) is 91.0 Å². The maximum Gasteiger partial charge on any atom is 0.251 e. The molecular formula is C23H36N4O4. The molecule has 1 aromatic carbocycles. The average molecular weight is 433 g/mol. The largest absolute Gasteiger partial charge is 0.497 e. The molecule has 2 rings (SSSR count). The summed E-state index contributed by atoms with van der Waals surface area (Å²) in [6.07, 6.45) is 0.896. The molecule has 0 spiro atoms. The predicted molar refractivity (Wildman–Crippen MR) is 120 cm³/mol. The van der Waals surface area contributed by atoms with Crippen LogP contribution in [-0.2, 0) is 9.59 Å². The summed E-state index contributed by atoms with van der Waals surface area (Å²) in [4.78, 5) is 41.7. The number of hydrogen-bond donors (Lipinski definition) is 2. The highest BCUT2D eigenvalue weighted by atomic mass is 16.5. The number of nitrogens with one attached hydrogen (secondary N) is 2. The Balaban J connectivity index is 1.90. The maximum atomic E-state index is 13.1. The first kappa shape index (κ1) is 24.7. The lowest BCUT2D eigenvalue weighted by molar-refractivity contribution is -0.136. The second kappa shape index (κ2) is 11.7. The number of methoxy groups -OCH3 is 1. The summed E-state index contributed by atoms with van der Waals surface area (Å²) in [7, 11) is 1.57. The summed E-state index contributed by atoms with van der Waals surface area (Å²) >= 11 is 0. The molecule has 0 saturated carbocycles. The first-order valence-corrected chi connectivity index (χ1v) is 11.0. The minimum absolute atomic E-state index is 0.0148. The van der Waals surface area contributed by atoms with Crippen LogP contribution in [0.25, 0.3) is 0 Å². The molecule has 1 aliphatic rings. The van der Waals surface area contributed by atoms with Gasteiger partial charge in [0.1, 0.15) is 11.8 Å². The van der Waals surface area contributed by atoms with E-state index in [1.54, 1.807) is 36.3 Å². The number of piperazine rings is 1. The Hall–Kier alpha value is -2.61. The zero-order chi connectivity index (χ0) is 23.0. The van der Waals surface area contributed by atoms with Crippen molar-refractivity contribution in [2.45, 2.75) is 46.2 Å². The van der Waals surface area contributed by atoms with Crippen molar-refractivity contribution in [2.24, 2.45) is 5.92 Å². The summed E-state index contributed by atoms with van der Waals surface area (Å²) in [6, 6.07) is 6.36. The minimum Gasteiger partial charge on any atom is -0.497 e. The number of benzene rings is 1. The minimum atomic E-state index is -0.602. The fourth-order valence-corrected chi connectivity index (χ4v) is 3.43. The van der Waals surface area contributed by atoms with Crippen molar-refractivity contribution in [3.8, 4) is 5.75 Å². The molecule has 0 aromatic heterocycles. The van der Waals surface area contributed by atoms with Crippen LogP contribution < -0.4 is 15.4 Å². The van der Waals surface area contributed by atoms with Gasteiger partial charge in [-0.15, -0.1) is 0 Å². The fourth-order valence-electron chi connectivity index (χ4n) is 3.43. The number of rotatable bonds is 9. The van der Waals surface area contributed by atoms with E-state index < -0.39 is 6.04 Å². The van der Waals surface area contributed by atoms with Crippen molar-refractivity contribution >= 4 is 17.7 Å². The van der Waals surface area contributed by atoms with Crippen LogP contribution in [0.1, 0.15) is 44.5 Å². The van der Waals surface area contributed by atoms with Gasteiger partial charge in [-0.05, 0) is 43.5 Å². The molecule has 8 nitrogen and oxygen atoms in total. The molecule has 1 aromatic rings. The highest BCUT2D eigenvalue weighted by Crippen LogP contribution is 2.14. The van der Waals surface area contributed by atoms with E-state index in [-0.39, 0.29) is 29.7 Å². The molecule has 2 atom stereocenters. The smallest absolute Gasteiger partial charge is 0.251 e. The molecule has 2 N–H and O–H groups in total. The van der Waals surface area contributed by atoms with E-state index in [1.807, 2.05) is 27.7 Å². The van der Waals surface area contributed by atoms with Gasteiger partial charge in [-0.2, -0.15) is 0 Å². The molecular weight excluding hydrogens is 396 g/mol. The Labute approximate surface area is 185 Å². The summed E-state index contributed by atoms with van der Waals surface area (Å²) in [6.45, 7) is 10.6. The SMILES string of the molecule is CCC(C)NC(=O)CN1CCN(C(=O)C(NC(=O)c2ccc(OC)cc2)C(C)C)CC1. The second-order valence-electron chi connectivity index (χ2n) is 8.40. The van der Waals surface area contributed by atoms with Crippen molar-refractivity contribution < 1.29 is 19.1 Å². The van der Waals surface area contributed by atoms with Gasteiger partial charge >= 0.3 is 0 Å². The number of nitrogens with zero attached hydrogens (tertiary/aromatic N) is 2. The van der Waals surface area contributed by atoms with Crippen LogP contribution in [0.3, 0.4) is 0 Å². The van der Waals surface area contributed by atoms with E-state index in [0.717, 1.165) is 6.42 Å². The molecule has 1 heterocycles. The second-order valence-corrected chi connectivity index (χ2v) is 8.40. The molecule has 8 heteroatoms. The van der Waals surface area contributed by atoms with Gasteiger partial charge in [0, 0.05) is 37.8 Å². The van der Waals surface area contributed by atoms with Crippen LogP contribution in [-0.4, -0.2) is 79.4 Å². The van der Waals surface area contributed by atoms with Crippen molar-refractivity contribution in [3.63, 3.8) is 0 Å². The Morgan fingerprint density at radius 1 is 1.00 bits per heavy atom. The molecule has 1 saturated heterocycles. The normalized spacial score (nSPS) is 16.5. The lowest BCUT2D eigenvalue weighted by Crippen LogP contribution is -2.57. The van der Waals surface area contributed by atoms with E-state index in [2.05, 4.69) is 15.5 Å². The van der Waals surface area contributed by atoms with Crippen LogP contribution in [0.2, 0.25) is 0 Å². The first-order chi connectivity index (χ1) is 14.7. The van der Waals surface area contributed by atoms with Gasteiger partial charge in [-0.25, -0.2) is 0 Å². The maximum absolute atomic E-state index is 13.1. The van der Waals surface area contributed by atoms with E-state index in [0.29, 0.717) is 44.0 Å². The quantitative estimate of drug-likeness (QED) is 0.617. The lowest BCUT2D eigenvalue weighted by Gasteiger charge is -2.37. The summed E-state index contributed by atoms with van der Waals surface area (Å²) in [5.74, 6) is 0.273. The van der Waals surface area contributed by atoms with Crippen LogP contribution in [0, 0.1) is 5.92 Å². The van der Waals surface area contributed by atoms with E-state index in [9.17, 15) is 14.4 Å². The Kier molecular flexibility index (Phi) is 9.30. The Bertz CT molecular complexity index is 742. The van der Waals surface area contributed by atoms with Crippen LogP contribution in [0.4, 0.5) is 0 Å². The van der Waals surface area contributed by atoms with E-state index in [1.165, 1.54) is 0 Å². The number of carbonyl (C=O) groups is 3. The Morgan fingerprint density at radius 3 is 2.13 bits per heavy atom. The van der Waals surface area contributed by atoms with Crippen molar-refractivity contribution in [2.75, 3.05) is 39.8 Å². The van der Waals surface area contributed by atoms with Crippen molar-refractivity contribution in [3.05, 3.63) is 29.8 Å². The third-order valence-corrected chi connectivity index (χ3v) is 5.64.